The fourth-order valence-corrected chi connectivity index (χ4v) is 1.23. The van der Waals surface area contributed by atoms with Crippen molar-refractivity contribution in [3.63, 3.8) is 0 Å². The molecule has 0 aliphatic heterocycles. The molecule has 0 aromatic heterocycles. The lowest BCUT2D eigenvalue weighted by atomic mass is 10.3. The second-order valence-electron chi connectivity index (χ2n) is 3.41. The Labute approximate surface area is 90.7 Å². The number of carbonyl (C=O) groups excluding carboxylic acids is 1. The van der Waals surface area contributed by atoms with E-state index < -0.39 is 0 Å². The zero-order chi connectivity index (χ0) is 11.1. The van der Waals surface area contributed by atoms with Gasteiger partial charge in [-0.05, 0) is 13.8 Å². The van der Waals surface area contributed by atoms with E-state index in [9.17, 15) is 4.79 Å². The molecule has 0 aliphatic carbocycles. The van der Waals surface area contributed by atoms with Gasteiger partial charge in [-0.1, -0.05) is 18.2 Å². The molecule has 0 unspecified atom stereocenters. The van der Waals surface area contributed by atoms with Crippen LogP contribution in [0.2, 0.25) is 0 Å². The van der Waals surface area contributed by atoms with Crippen LogP contribution in [0.15, 0.2) is 11.6 Å². The SMILES string of the molecule is C=C(Cl)CN(CCC(=O)OC)C(C)C. The lowest BCUT2D eigenvalue weighted by Crippen LogP contribution is -2.34. The lowest BCUT2D eigenvalue weighted by molar-refractivity contribution is -0.141. The first-order valence-electron chi connectivity index (χ1n) is 4.61. The highest BCUT2D eigenvalue weighted by Gasteiger charge is 2.11. The molecule has 0 radical (unpaired) electrons. The molecule has 0 atom stereocenters. The zero-order valence-electron chi connectivity index (χ0n) is 9.05. The molecule has 0 bridgehead atoms. The molecule has 0 spiro atoms. The largest absolute Gasteiger partial charge is 0.469 e. The maximum absolute atomic E-state index is 10.9. The van der Waals surface area contributed by atoms with E-state index in [-0.39, 0.29) is 5.97 Å². The van der Waals surface area contributed by atoms with E-state index in [0.717, 1.165) is 0 Å². The van der Waals surface area contributed by atoms with Gasteiger partial charge in [0.05, 0.1) is 13.5 Å². The quantitative estimate of drug-likeness (QED) is 0.641. The summed E-state index contributed by atoms with van der Waals surface area (Å²) in [6.07, 6.45) is 0.388. The zero-order valence-corrected chi connectivity index (χ0v) is 9.80. The molecule has 82 valence electrons. The van der Waals surface area contributed by atoms with Gasteiger partial charge in [-0.3, -0.25) is 9.69 Å². The van der Waals surface area contributed by atoms with E-state index in [0.29, 0.717) is 30.6 Å². The number of methoxy groups -OCH3 is 1. The molecule has 0 rings (SSSR count). The number of hydrogen-bond donors (Lipinski definition) is 0. The van der Waals surface area contributed by atoms with Crippen molar-refractivity contribution < 1.29 is 9.53 Å². The van der Waals surface area contributed by atoms with Gasteiger partial charge in [0.1, 0.15) is 0 Å². The first kappa shape index (κ1) is 13.5. The van der Waals surface area contributed by atoms with Crippen LogP contribution >= 0.6 is 11.6 Å². The minimum absolute atomic E-state index is 0.198. The Kier molecular flexibility index (Phi) is 6.58. The summed E-state index contributed by atoms with van der Waals surface area (Å²) >= 11 is 5.71. The predicted molar refractivity (Wildman–Crippen MR) is 58.3 cm³/mol. The van der Waals surface area contributed by atoms with Gasteiger partial charge in [0, 0.05) is 24.2 Å². The molecular formula is C10H18ClNO2. The third-order valence-electron chi connectivity index (χ3n) is 1.94. The number of hydrogen-bond acceptors (Lipinski definition) is 3. The molecule has 14 heavy (non-hydrogen) atoms. The normalized spacial score (nSPS) is 10.7. The monoisotopic (exact) mass is 219 g/mol. The van der Waals surface area contributed by atoms with E-state index in [1.807, 2.05) is 0 Å². The summed E-state index contributed by atoms with van der Waals surface area (Å²) in [4.78, 5) is 13.0. The Hall–Kier alpha value is -0.540. The molecule has 4 heteroatoms. The number of halogens is 1. The van der Waals surface area contributed by atoms with Crippen molar-refractivity contribution in [1.82, 2.24) is 4.90 Å². The average molecular weight is 220 g/mol. The van der Waals surface area contributed by atoms with E-state index in [1.165, 1.54) is 7.11 Å². The second kappa shape index (κ2) is 6.85. The van der Waals surface area contributed by atoms with Crippen LogP contribution in [-0.2, 0) is 9.53 Å². The minimum atomic E-state index is -0.198. The second-order valence-corrected chi connectivity index (χ2v) is 3.94. The van der Waals surface area contributed by atoms with Gasteiger partial charge in [0.25, 0.3) is 0 Å². The van der Waals surface area contributed by atoms with Crippen LogP contribution in [0.5, 0.6) is 0 Å². The number of carbonyl (C=O) groups is 1. The molecule has 0 saturated heterocycles. The Balaban J connectivity index is 3.97. The number of rotatable bonds is 6. The Bertz CT molecular complexity index is 204. The summed E-state index contributed by atoms with van der Waals surface area (Å²) in [7, 11) is 1.39. The standard InChI is InChI=1S/C10H18ClNO2/c1-8(2)12(7-9(3)11)6-5-10(13)14-4/h8H,3,5-7H2,1-2,4H3. The van der Waals surface area contributed by atoms with Crippen LogP contribution in [0.1, 0.15) is 20.3 Å². The highest BCUT2D eigenvalue weighted by molar-refractivity contribution is 6.29. The Morgan fingerprint density at radius 3 is 2.50 bits per heavy atom. The summed E-state index contributed by atoms with van der Waals surface area (Å²) in [6.45, 7) is 8.99. The fraction of sp³-hybridized carbons (Fsp3) is 0.700. The van der Waals surface area contributed by atoms with Gasteiger partial charge in [-0.25, -0.2) is 0 Å². The highest BCUT2D eigenvalue weighted by Crippen LogP contribution is 2.06. The topological polar surface area (TPSA) is 29.5 Å². The van der Waals surface area contributed by atoms with Crippen molar-refractivity contribution in [2.45, 2.75) is 26.3 Å². The lowest BCUT2D eigenvalue weighted by Gasteiger charge is -2.25. The van der Waals surface area contributed by atoms with E-state index in [4.69, 9.17) is 11.6 Å². The van der Waals surface area contributed by atoms with Gasteiger partial charge in [0.2, 0.25) is 0 Å². The van der Waals surface area contributed by atoms with Crippen molar-refractivity contribution in [1.29, 1.82) is 0 Å². The van der Waals surface area contributed by atoms with Gasteiger partial charge in [-0.15, -0.1) is 0 Å². The van der Waals surface area contributed by atoms with Crippen molar-refractivity contribution in [2.24, 2.45) is 0 Å². The molecule has 0 aromatic carbocycles. The summed E-state index contributed by atoms with van der Waals surface area (Å²) in [5.41, 5.74) is 0. The van der Waals surface area contributed by atoms with Gasteiger partial charge in [0.15, 0.2) is 0 Å². The predicted octanol–water partition coefficient (Wildman–Crippen LogP) is 2.01. The molecule has 0 saturated carbocycles. The van der Waals surface area contributed by atoms with Crippen LogP contribution in [0, 0.1) is 0 Å². The molecule has 0 aliphatic rings. The van der Waals surface area contributed by atoms with Crippen LogP contribution in [0.25, 0.3) is 0 Å². The maximum atomic E-state index is 10.9. The van der Waals surface area contributed by atoms with Crippen LogP contribution in [-0.4, -0.2) is 37.1 Å². The summed E-state index contributed by atoms with van der Waals surface area (Å²) in [6, 6.07) is 0.343. The molecule has 0 amide bonds. The first-order valence-corrected chi connectivity index (χ1v) is 4.99. The van der Waals surface area contributed by atoms with E-state index in [2.05, 4.69) is 30.1 Å². The molecule has 0 fully saturated rings. The maximum Gasteiger partial charge on any atom is 0.306 e. The van der Waals surface area contributed by atoms with Crippen molar-refractivity contribution in [3.8, 4) is 0 Å². The summed E-state index contributed by atoms with van der Waals surface area (Å²) in [5, 5.41) is 0.587. The van der Waals surface area contributed by atoms with Crippen molar-refractivity contribution in [2.75, 3.05) is 20.2 Å². The van der Waals surface area contributed by atoms with Crippen LogP contribution < -0.4 is 0 Å². The van der Waals surface area contributed by atoms with Crippen molar-refractivity contribution in [3.05, 3.63) is 11.6 Å². The average Bonchev–Trinajstić information content (AvgIpc) is 2.10. The number of esters is 1. The molecule has 3 nitrogen and oxygen atoms in total. The first-order chi connectivity index (χ1) is 6.47. The van der Waals surface area contributed by atoms with E-state index >= 15 is 0 Å². The fourth-order valence-electron chi connectivity index (χ4n) is 1.08. The van der Waals surface area contributed by atoms with Gasteiger partial charge < -0.3 is 4.74 Å². The Morgan fingerprint density at radius 2 is 2.14 bits per heavy atom. The van der Waals surface area contributed by atoms with E-state index in [1.54, 1.807) is 0 Å². The third kappa shape index (κ3) is 6.00. The molecular weight excluding hydrogens is 202 g/mol. The van der Waals surface area contributed by atoms with Crippen molar-refractivity contribution >= 4 is 17.6 Å². The smallest absolute Gasteiger partial charge is 0.306 e. The van der Waals surface area contributed by atoms with Crippen LogP contribution in [0.3, 0.4) is 0 Å². The third-order valence-corrected chi connectivity index (χ3v) is 2.06. The summed E-state index contributed by atoms with van der Waals surface area (Å²) in [5.74, 6) is -0.198. The molecule has 0 aromatic rings. The number of nitrogens with zero attached hydrogens (tertiary/aromatic N) is 1. The summed E-state index contributed by atoms with van der Waals surface area (Å²) < 4.78 is 4.56. The number of ether oxygens (including phenoxy) is 1. The Morgan fingerprint density at radius 1 is 1.57 bits per heavy atom. The van der Waals surface area contributed by atoms with Gasteiger partial charge in [-0.2, -0.15) is 0 Å². The van der Waals surface area contributed by atoms with Crippen LogP contribution in [0.4, 0.5) is 0 Å². The van der Waals surface area contributed by atoms with Gasteiger partial charge >= 0.3 is 5.97 Å². The highest BCUT2D eigenvalue weighted by atomic mass is 35.5. The molecule has 0 N–H and O–H groups in total. The minimum Gasteiger partial charge on any atom is -0.469 e. The molecule has 0 heterocycles.